The third kappa shape index (κ3) is 4.39. The average Bonchev–Trinajstić information content (AvgIpc) is 3.07. The summed E-state index contributed by atoms with van der Waals surface area (Å²) in [5.74, 6) is 0.123. The number of imide groups is 1. The Bertz CT molecular complexity index is 1090. The van der Waals surface area contributed by atoms with Gasteiger partial charge in [-0.2, -0.15) is 0 Å². The molecule has 162 valence electrons. The zero-order valence-corrected chi connectivity index (χ0v) is 17.8. The molecule has 0 fully saturated rings. The largest absolute Gasteiger partial charge is 0.457 e. The van der Waals surface area contributed by atoms with Gasteiger partial charge in [-0.25, -0.2) is 0 Å². The van der Waals surface area contributed by atoms with Crippen LogP contribution < -0.4 is 10.1 Å². The monoisotopic (exact) mass is 428 g/mol. The number of hydrogen-bond donors (Lipinski definition) is 1. The number of rotatable bonds is 8. The predicted molar refractivity (Wildman–Crippen MR) is 122 cm³/mol. The van der Waals surface area contributed by atoms with Gasteiger partial charge < -0.3 is 10.1 Å². The zero-order chi connectivity index (χ0) is 22.5. The van der Waals surface area contributed by atoms with Crippen molar-refractivity contribution >= 4 is 23.4 Å². The van der Waals surface area contributed by atoms with E-state index < -0.39 is 17.9 Å². The van der Waals surface area contributed by atoms with Crippen LogP contribution in [0.1, 0.15) is 46.9 Å². The Morgan fingerprint density at radius 3 is 2.00 bits per heavy atom. The Kier molecular flexibility index (Phi) is 6.31. The number of hydrogen-bond acceptors (Lipinski definition) is 4. The molecule has 1 atom stereocenters. The SMILES string of the molecule is CCCC[C@@H](C(=O)Nc1ccc(Oc2ccccc2)cc1)N1C(=O)c2ccccc2C1=O. The van der Waals surface area contributed by atoms with E-state index in [-0.39, 0.29) is 5.91 Å². The topological polar surface area (TPSA) is 75.7 Å². The predicted octanol–water partition coefficient (Wildman–Crippen LogP) is 5.27. The summed E-state index contributed by atoms with van der Waals surface area (Å²) in [6.07, 6.45) is 1.97. The zero-order valence-electron chi connectivity index (χ0n) is 17.8. The minimum Gasteiger partial charge on any atom is -0.457 e. The van der Waals surface area contributed by atoms with Crippen molar-refractivity contribution < 1.29 is 19.1 Å². The van der Waals surface area contributed by atoms with Crippen molar-refractivity contribution in [3.8, 4) is 11.5 Å². The van der Waals surface area contributed by atoms with Crippen molar-refractivity contribution in [3.05, 3.63) is 90.0 Å². The highest BCUT2D eigenvalue weighted by Crippen LogP contribution is 2.28. The van der Waals surface area contributed by atoms with E-state index in [9.17, 15) is 14.4 Å². The number of nitrogens with one attached hydrogen (secondary N) is 1. The first-order valence-electron chi connectivity index (χ1n) is 10.7. The molecule has 1 aliphatic heterocycles. The molecule has 1 aliphatic rings. The van der Waals surface area contributed by atoms with E-state index in [2.05, 4.69) is 5.32 Å². The lowest BCUT2D eigenvalue weighted by Gasteiger charge is -2.25. The molecule has 1 N–H and O–H groups in total. The lowest BCUT2D eigenvalue weighted by Crippen LogP contribution is -2.47. The number of amides is 3. The van der Waals surface area contributed by atoms with Crippen molar-refractivity contribution in [2.24, 2.45) is 0 Å². The van der Waals surface area contributed by atoms with Crippen molar-refractivity contribution in [2.45, 2.75) is 32.2 Å². The first kappa shape index (κ1) is 21.3. The summed E-state index contributed by atoms with van der Waals surface area (Å²) in [5.41, 5.74) is 1.25. The van der Waals surface area contributed by atoms with Gasteiger partial charge in [0, 0.05) is 5.69 Å². The summed E-state index contributed by atoms with van der Waals surface area (Å²) in [5, 5.41) is 2.85. The first-order chi connectivity index (χ1) is 15.6. The van der Waals surface area contributed by atoms with E-state index >= 15 is 0 Å². The van der Waals surface area contributed by atoms with Crippen LogP contribution in [0.25, 0.3) is 0 Å². The van der Waals surface area contributed by atoms with Crippen molar-refractivity contribution in [1.29, 1.82) is 0 Å². The van der Waals surface area contributed by atoms with E-state index in [1.807, 2.05) is 37.3 Å². The molecule has 0 bridgehead atoms. The van der Waals surface area contributed by atoms with Gasteiger partial charge in [0.15, 0.2) is 0 Å². The normalized spacial score (nSPS) is 13.6. The second-order valence-corrected chi connectivity index (χ2v) is 7.61. The lowest BCUT2D eigenvalue weighted by molar-refractivity contribution is -0.120. The summed E-state index contributed by atoms with van der Waals surface area (Å²) in [7, 11) is 0. The average molecular weight is 428 g/mol. The fourth-order valence-electron chi connectivity index (χ4n) is 3.72. The summed E-state index contributed by atoms with van der Waals surface area (Å²) in [6.45, 7) is 2.00. The van der Waals surface area contributed by atoms with Gasteiger partial charge in [-0.1, -0.05) is 50.1 Å². The number of nitrogens with zero attached hydrogens (tertiary/aromatic N) is 1. The van der Waals surface area contributed by atoms with Gasteiger partial charge in [0.1, 0.15) is 17.5 Å². The number of unbranched alkanes of at least 4 members (excludes halogenated alkanes) is 1. The van der Waals surface area contributed by atoms with Gasteiger partial charge in [-0.3, -0.25) is 19.3 Å². The van der Waals surface area contributed by atoms with Crippen molar-refractivity contribution in [3.63, 3.8) is 0 Å². The second kappa shape index (κ2) is 9.47. The lowest BCUT2D eigenvalue weighted by atomic mass is 10.1. The van der Waals surface area contributed by atoms with Crippen LogP contribution in [0.15, 0.2) is 78.9 Å². The van der Waals surface area contributed by atoms with Crippen LogP contribution in [0.2, 0.25) is 0 Å². The molecule has 3 aromatic carbocycles. The molecular formula is C26H24N2O4. The molecule has 0 saturated heterocycles. The van der Waals surface area contributed by atoms with Gasteiger partial charge in [0.25, 0.3) is 11.8 Å². The molecule has 0 aliphatic carbocycles. The van der Waals surface area contributed by atoms with E-state index in [0.29, 0.717) is 29.0 Å². The Balaban J connectivity index is 1.49. The molecule has 0 spiro atoms. The smallest absolute Gasteiger partial charge is 0.262 e. The number of para-hydroxylation sites is 1. The van der Waals surface area contributed by atoms with Crippen molar-refractivity contribution in [2.75, 3.05) is 5.32 Å². The van der Waals surface area contributed by atoms with Gasteiger partial charge in [-0.15, -0.1) is 0 Å². The van der Waals surface area contributed by atoms with Crippen LogP contribution in [0, 0.1) is 0 Å². The molecule has 0 radical (unpaired) electrons. The van der Waals surface area contributed by atoms with Gasteiger partial charge in [-0.05, 0) is 55.0 Å². The maximum Gasteiger partial charge on any atom is 0.262 e. The van der Waals surface area contributed by atoms with E-state index in [1.165, 1.54) is 0 Å². The molecule has 6 nitrogen and oxygen atoms in total. The Morgan fingerprint density at radius 2 is 1.41 bits per heavy atom. The Morgan fingerprint density at radius 1 is 0.844 bits per heavy atom. The van der Waals surface area contributed by atoms with Gasteiger partial charge >= 0.3 is 0 Å². The molecule has 0 saturated carbocycles. The number of fused-ring (bicyclic) bond motifs is 1. The highest BCUT2D eigenvalue weighted by atomic mass is 16.5. The van der Waals surface area contributed by atoms with Crippen LogP contribution in [-0.4, -0.2) is 28.7 Å². The van der Waals surface area contributed by atoms with Gasteiger partial charge in [0.05, 0.1) is 11.1 Å². The minimum atomic E-state index is -0.873. The molecule has 6 heteroatoms. The minimum absolute atomic E-state index is 0.342. The fourth-order valence-corrected chi connectivity index (χ4v) is 3.72. The summed E-state index contributed by atoms with van der Waals surface area (Å²) < 4.78 is 5.77. The van der Waals surface area contributed by atoms with E-state index in [4.69, 9.17) is 4.74 Å². The summed E-state index contributed by atoms with van der Waals surface area (Å²) in [4.78, 5) is 40.0. The number of carbonyl (C=O) groups is 3. The summed E-state index contributed by atoms with van der Waals surface area (Å²) >= 11 is 0. The highest BCUT2D eigenvalue weighted by molar-refractivity contribution is 6.23. The van der Waals surface area contributed by atoms with E-state index in [0.717, 1.165) is 23.5 Å². The molecule has 0 aromatic heterocycles. The van der Waals surface area contributed by atoms with E-state index in [1.54, 1.807) is 48.5 Å². The second-order valence-electron chi connectivity index (χ2n) is 7.61. The van der Waals surface area contributed by atoms with Crippen LogP contribution in [0.3, 0.4) is 0 Å². The van der Waals surface area contributed by atoms with Gasteiger partial charge in [0.2, 0.25) is 5.91 Å². The maximum atomic E-state index is 13.1. The molecule has 3 amide bonds. The van der Waals surface area contributed by atoms with Crippen molar-refractivity contribution in [1.82, 2.24) is 4.90 Å². The fraction of sp³-hybridized carbons (Fsp3) is 0.192. The maximum absolute atomic E-state index is 13.1. The molecule has 3 aromatic rings. The van der Waals surface area contributed by atoms with Crippen LogP contribution in [-0.2, 0) is 4.79 Å². The van der Waals surface area contributed by atoms with Crippen LogP contribution in [0.5, 0.6) is 11.5 Å². The molecule has 1 heterocycles. The number of benzene rings is 3. The molecule has 4 rings (SSSR count). The van der Waals surface area contributed by atoms with Crippen LogP contribution in [0.4, 0.5) is 5.69 Å². The first-order valence-corrected chi connectivity index (χ1v) is 10.7. The van der Waals surface area contributed by atoms with Crippen LogP contribution >= 0.6 is 0 Å². The Labute approximate surface area is 186 Å². The highest BCUT2D eigenvalue weighted by Gasteiger charge is 2.42. The number of carbonyl (C=O) groups excluding carboxylic acids is 3. The Hall–Kier alpha value is -3.93. The quantitative estimate of drug-likeness (QED) is 0.496. The summed E-state index contributed by atoms with van der Waals surface area (Å²) in [6, 6.07) is 22.2. The standard InChI is InChI=1S/C26H24N2O4/c1-2-3-13-23(28-25(30)21-11-7-8-12-22(21)26(28)31)24(29)27-18-14-16-20(17-15-18)32-19-9-5-4-6-10-19/h4-12,14-17,23H,2-3,13H2,1H3,(H,27,29)/t23-/m0/s1. The number of ether oxygens (including phenoxy) is 1. The third-order valence-corrected chi connectivity index (χ3v) is 5.37. The molecule has 32 heavy (non-hydrogen) atoms. The molecular weight excluding hydrogens is 404 g/mol. The number of anilines is 1. The molecule has 0 unspecified atom stereocenters. The third-order valence-electron chi connectivity index (χ3n) is 5.37.